The van der Waals surface area contributed by atoms with E-state index in [9.17, 15) is 14.4 Å². The van der Waals surface area contributed by atoms with E-state index in [2.05, 4.69) is 28.4 Å². The predicted molar refractivity (Wildman–Crippen MR) is 121 cm³/mol. The average Bonchev–Trinajstić information content (AvgIpc) is 3.10. The van der Waals surface area contributed by atoms with Crippen LogP contribution in [-0.4, -0.2) is 46.7 Å². The van der Waals surface area contributed by atoms with Gasteiger partial charge in [0.15, 0.2) is 0 Å². The first-order valence-corrected chi connectivity index (χ1v) is 11.3. The fraction of sp³-hybridized carbons (Fsp3) is 0.400. The van der Waals surface area contributed by atoms with Crippen molar-refractivity contribution in [3.8, 4) is 0 Å². The van der Waals surface area contributed by atoms with Gasteiger partial charge in [0.25, 0.3) is 5.91 Å². The van der Waals surface area contributed by atoms with Crippen LogP contribution in [0.2, 0.25) is 0 Å². The van der Waals surface area contributed by atoms with E-state index >= 15 is 0 Å². The Morgan fingerprint density at radius 1 is 0.969 bits per heavy atom. The van der Waals surface area contributed by atoms with Crippen molar-refractivity contribution in [2.75, 3.05) is 18.8 Å². The van der Waals surface area contributed by atoms with Crippen molar-refractivity contribution < 1.29 is 14.4 Å². The van der Waals surface area contributed by atoms with Gasteiger partial charge in [-0.1, -0.05) is 24.3 Å². The summed E-state index contributed by atoms with van der Waals surface area (Å²) in [6, 6.07) is 13.7. The van der Waals surface area contributed by atoms with Gasteiger partial charge in [-0.3, -0.25) is 24.6 Å². The van der Waals surface area contributed by atoms with Crippen molar-refractivity contribution in [3.63, 3.8) is 0 Å². The molecule has 0 aromatic heterocycles. The molecule has 1 atom stereocenters. The number of nitrogens with zero attached hydrogens (tertiary/aromatic N) is 2. The smallest absolute Gasteiger partial charge is 0.255 e. The first-order chi connectivity index (χ1) is 15.5. The van der Waals surface area contributed by atoms with Gasteiger partial charge in [0, 0.05) is 30.8 Å². The minimum Gasteiger partial charge on any atom is -0.399 e. The summed E-state index contributed by atoms with van der Waals surface area (Å²) < 4.78 is 0. The number of anilines is 1. The van der Waals surface area contributed by atoms with E-state index < -0.39 is 6.04 Å². The molecule has 1 unspecified atom stereocenters. The zero-order valence-electron chi connectivity index (χ0n) is 18.0. The first-order valence-electron chi connectivity index (χ1n) is 11.3. The summed E-state index contributed by atoms with van der Waals surface area (Å²) in [5.74, 6) is -0.179. The third kappa shape index (κ3) is 4.00. The summed E-state index contributed by atoms with van der Waals surface area (Å²) in [6.45, 7) is 3.35. The van der Waals surface area contributed by atoms with E-state index in [-0.39, 0.29) is 24.1 Å². The molecule has 0 saturated carbocycles. The van der Waals surface area contributed by atoms with E-state index in [1.54, 1.807) is 4.90 Å². The molecule has 2 fully saturated rings. The van der Waals surface area contributed by atoms with Crippen molar-refractivity contribution in [2.45, 2.75) is 50.7 Å². The van der Waals surface area contributed by atoms with Gasteiger partial charge in [0.1, 0.15) is 6.04 Å². The number of likely N-dealkylation sites (tertiary alicyclic amines) is 1. The summed E-state index contributed by atoms with van der Waals surface area (Å²) in [5.41, 5.74) is 10.8. The van der Waals surface area contributed by atoms with Crippen LogP contribution in [0.4, 0.5) is 5.69 Å². The van der Waals surface area contributed by atoms with E-state index in [0.29, 0.717) is 24.4 Å². The quantitative estimate of drug-likeness (QED) is 0.571. The van der Waals surface area contributed by atoms with Crippen molar-refractivity contribution >= 4 is 23.4 Å². The number of piperidine rings is 2. The Balaban J connectivity index is 1.21. The van der Waals surface area contributed by atoms with Crippen LogP contribution in [0.25, 0.3) is 0 Å². The lowest BCUT2D eigenvalue weighted by Gasteiger charge is -2.32. The normalized spacial score (nSPS) is 22.2. The highest BCUT2D eigenvalue weighted by molar-refractivity contribution is 6.05. The molecule has 5 rings (SSSR count). The van der Waals surface area contributed by atoms with Crippen LogP contribution in [0.1, 0.15) is 58.6 Å². The minimum atomic E-state index is -0.566. The third-order valence-corrected chi connectivity index (χ3v) is 6.99. The van der Waals surface area contributed by atoms with Crippen molar-refractivity contribution in [2.24, 2.45) is 0 Å². The number of hydrogen-bond acceptors (Lipinski definition) is 5. The molecule has 0 aliphatic carbocycles. The lowest BCUT2D eigenvalue weighted by atomic mass is 9.89. The molecule has 7 nitrogen and oxygen atoms in total. The maximum Gasteiger partial charge on any atom is 0.255 e. The topological polar surface area (TPSA) is 95.7 Å². The predicted octanol–water partition coefficient (Wildman–Crippen LogP) is 2.41. The molecule has 0 radical (unpaired) electrons. The van der Waals surface area contributed by atoms with Crippen LogP contribution in [0, 0.1) is 0 Å². The van der Waals surface area contributed by atoms with Gasteiger partial charge in [0.2, 0.25) is 11.8 Å². The molecule has 166 valence electrons. The van der Waals surface area contributed by atoms with Gasteiger partial charge in [0.05, 0.1) is 0 Å². The highest BCUT2D eigenvalue weighted by atomic mass is 16.2. The zero-order valence-corrected chi connectivity index (χ0v) is 18.0. The van der Waals surface area contributed by atoms with Crippen LogP contribution in [0.3, 0.4) is 0 Å². The maximum atomic E-state index is 12.9. The molecule has 3 aliphatic rings. The number of imide groups is 1. The van der Waals surface area contributed by atoms with Crippen LogP contribution in [0.15, 0.2) is 42.5 Å². The lowest BCUT2D eigenvalue weighted by Crippen LogP contribution is -2.52. The molecule has 3 amide bonds. The monoisotopic (exact) mass is 432 g/mol. The van der Waals surface area contributed by atoms with Crippen molar-refractivity contribution in [1.82, 2.24) is 15.1 Å². The molecule has 32 heavy (non-hydrogen) atoms. The zero-order chi connectivity index (χ0) is 22.2. The largest absolute Gasteiger partial charge is 0.399 e. The van der Waals surface area contributed by atoms with E-state index in [1.807, 2.05) is 24.3 Å². The molecule has 3 N–H and O–H groups in total. The van der Waals surface area contributed by atoms with Crippen LogP contribution in [-0.2, 0) is 22.7 Å². The summed E-state index contributed by atoms with van der Waals surface area (Å²) >= 11 is 0. The van der Waals surface area contributed by atoms with E-state index in [4.69, 9.17) is 5.73 Å². The first kappa shape index (κ1) is 20.7. The van der Waals surface area contributed by atoms with Crippen LogP contribution >= 0.6 is 0 Å². The minimum absolute atomic E-state index is 0.120. The Morgan fingerprint density at radius 3 is 2.44 bits per heavy atom. The second-order valence-corrected chi connectivity index (χ2v) is 9.11. The number of hydrogen-bond donors (Lipinski definition) is 2. The molecule has 0 spiro atoms. The molecule has 7 heteroatoms. The second-order valence-electron chi connectivity index (χ2n) is 9.11. The fourth-order valence-corrected chi connectivity index (χ4v) is 5.18. The number of nitrogen functional groups attached to an aromatic ring is 1. The van der Waals surface area contributed by atoms with Gasteiger partial charge in [-0.15, -0.1) is 0 Å². The van der Waals surface area contributed by atoms with Crippen LogP contribution < -0.4 is 11.1 Å². The number of nitrogens with two attached hydrogens (primary N) is 1. The Hall–Kier alpha value is -3.19. The number of rotatable bonds is 4. The molecular weight excluding hydrogens is 404 g/mol. The van der Waals surface area contributed by atoms with Gasteiger partial charge in [-0.25, -0.2) is 0 Å². The average molecular weight is 433 g/mol. The second kappa shape index (κ2) is 8.39. The number of carbonyl (C=O) groups is 3. The van der Waals surface area contributed by atoms with Gasteiger partial charge >= 0.3 is 0 Å². The highest BCUT2D eigenvalue weighted by Crippen LogP contribution is 2.31. The summed E-state index contributed by atoms with van der Waals surface area (Å²) in [7, 11) is 0. The fourth-order valence-electron chi connectivity index (χ4n) is 5.18. The molecule has 3 heterocycles. The van der Waals surface area contributed by atoms with Crippen molar-refractivity contribution in [3.05, 3.63) is 64.7 Å². The number of fused-ring (bicyclic) bond motifs is 1. The Bertz CT molecular complexity index is 1060. The molecule has 2 saturated heterocycles. The lowest BCUT2D eigenvalue weighted by molar-refractivity contribution is -0.136. The maximum absolute atomic E-state index is 12.9. The Labute approximate surface area is 187 Å². The summed E-state index contributed by atoms with van der Waals surface area (Å²) in [6.07, 6.45) is 2.90. The highest BCUT2D eigenvalue weighted by Gasteiger charge is 2.39. The number of nitrogens with one attached hydrogen (secondary N) is 1. The van der Waals surface area contributed by atoms with Gasteiger partial charge < -0.3 is 10.6 Å². The van der Waals surface area contributed by atoms with Gasteiger partial charge in [-0.05, 0) is 73.2 Å². The third-order valence-electron chi connectivity index (χ3n) is 6.99. The van der Waals surface area contributed by atoms with Gasteiger partial charge in [-0.2, -0.15) is 0 Å². The van der Waals surface area contributed by atoms with E-state index in [0.717, 1.165) is 43.7 Å². The summed E-state index contributed by atoms with van der Waals surface area (Å²) in [4.78, 5) is 40.6. The Morgan fingerprint density at radius 2 is 1.72 bits per heavy atom. The van der Waals surface area contributed by atoms with Crippen molar-refractivity contribution in [1.29, 1.82) is 0 Å². The SMILES string of the molecule is Nc1ccc(C2CCN(Cc3ccc4c(c3)CN(C3CCC(=O)NC3=O)C4=O)CC2)cc1. The molecular formula is C25H28N4O3. The molecule has 2 aromatic carbocycles. The molecule has 0 bridgehead atoms. The number of benzene rings is 2. The Kier molecular flexibility index (Phi) is 5.43. The molecule has 3 aliphatic heterocycles. The van der Waals surface area contributed by atoms with Crippen LogP contribution in [0.5, 0.6) is 0 Å². The standard InChI is InChI=1S/C25H28N4O3/c26-20-4-2-17(3-5-20)18-9-11-28(12-10-18)14-16-1-6-21-19(13-16)15-29(25(21)32)22-7-8-23(30)27-24(22)31/h1-6,13,18,22H,7-12,14-15,26H2,(H,27,30,31). The number of amides is 3. The van der Waals surface area contributed by atoms with E-state index in [1.165, 1.54) is 11.1 Å². The molecule has 2 aromatic rings. The number of carbonyl (C=O) groups excluding carboxylic acids is 3. The summed E-state index contributed by atoms with van der Waals surface area (Å²) in [5, 5.41) is 2.35.